The van der Waals surface area contributed by atoms with Gasteiger partial charge in [0.1, 0.15) is 5.82 Å². The number of carboxylic acid groups (broad SMARTS) is 1. The number of rotatable bonds is 3. The molecule has 5 heteroatoms. The van der Waals surface area contributed by atoms with Gasteiger partial charge in [0.05, 0.1) is 11.6 Å². The van der Waals surface area contributed by atoms with Gasteiger partial charge in [-0.2, -0.15) is 0 Å². The van der Waals surface area contributed by atoms with Crippen molar-refractivity contribution in [1.29, 1.82) is 0 Å². The first-order chi connectivity index (χ1) is 7.04. The maximum atomic E-state index is 12.8. The molecule has 0 heterocycles. The largest absolute Gasteiger partial charge is 0.478 e. The number of carbonyl (C=O) groups is 1. The van der Waals surface area contributed by atoms with Gasteiger partial charge in [0.2, 0.25) is 0 Å². The molecule has 0 saturated heterocycles. The molecule has 2 N–H and O–H groups in total. The van der Waals surface area contributed by atoms with Gasteiger partial charge in [0, 0.05) is 6.08 Å². The molecule has 15 heavy (non-hydrogen) atoms. The van der Waals surface area contributed by atoms with Gasteiger partial charge < -0.3 is 10.2 Å². The fourth-order valence-corrected chi connectivity index (χ4v) is 1.25. The van der Waals surface area contributed by atoms with E-state index in [0.29, 0.717) is 5.56 Å². The molecule has 80 valence electrons. The van der Waals surface area contributed by atoms with Gasteiger partial charge in [-0.1, -0.05) is 17.7 Å². The zero-order chi connectivity index (χ0) is 11.4. The summed E-state index contributed by atoms with van der Waals surface area (Å²) in [5.41, 5.74) is 0.552. The van der Waals surface area contributed by atoms with Crippen LogP contribution >= 0.6 is 11.6 Å². The number of hydrogen-bond donors (Lipinski definition) is 2. The smallest absolute Gasteiger partial charge is 0.328 e. The molecule has 1 aromatic carbocycles. The van der Waals surface area contributed by atoms with Crippen molar-refractivity contribution in [3.63, 3.8) is 0 Å². The van der Waals surface area contributed by atoms with Crippen molar-refractivity contribution in [3.8, 4) is 0 Å². The Morgan fingerprint density at radius 1 is 1.53 bits per heavy atom. The Kier molecular flexibility index (Phi) is 3.82. The van der Waals surface area contributed by atoms with Crippen LogP contribution in [0.15, 0.2) is 24.3 Å². The average Bonchev–Trinajstić information content (AvgIpc) is 2.18. The van der Waals surface area contributed by atoms with Crippen molar-refractivity contribution in [2.75, 3.05) is 6.61 Å². The molecule has 3 nitrogen and oxygen atoms in total. The molecular formula is C10H8ClFO3. The summed E-state index contributed by atoms with van der Waals surface area (Å²) >= 11 is 5.52. The minimum atomic E-state index is -1.18. The van der Waals surface area contributed by atoms with Crippen LogP contribution in [0.4, 0.5) is 4.39 Å². The standard InChI is InChI=1S/C10H8ClFO3/c11-8-3-6(1-2-9(8)12)7(5-13)4-10(14)15/h1-4,13H,5H2,(H,14,15)/b7-4+. The molecule has 0 unspecified atom stereocenters. The fraction of sp³-hybridized carbons (Fsp3) is 0.100. The first kappa shape index (κ1) is 11.7. The van der Waals surface area contributed by atoms with Crippen molar-refractivity contribution >= 4 is 23.1 Å². The van der Waals surface area contributed by atoms with Crippen LogP contribution in [-0.2, 0) is 4.79 Å². The van der Waals surface area contributed by atoms with Crippen LogP contribution in [0.5, 0.6) is 0 Å². The van der Waals surface area contributed by atoms with Crippen molar-refractivity contribution in [2.45, 2.75) is 0 Å². The Hall–Kier alpha value is -1.39. The van der Waals surface area contributed by atoms with Crippen LogP contribution in [-0.4, -0.2) is 22.8 Å². The SMILES string of the molecule is O=C(O)/C=C(\CO)c1ccc(F)c(Cl)c1. The van der Waals surface area contributed by atoms with Gasteiger partial charge in [-0.3, -0.25) is 0 Å². The van der Waals surface area contributed by atoms with Gasteiger partial charge in [-0.05, 0) is 23.3 Å². The van der Waals surface area contributed by atoms with E-state index in [1.54, 1.807) is 0 Å². The first-order valence-electron chi connectivity index (χ1n) is 4.04. The molecule has 1 aromatic rings. The van der Waals surface area contributed by atoms with Crippen LogP contribution in [0.1, 0.15) is 5.56 Å². The van der Waals surface area contributed by atoms with E-state index in [1.807, 2.05) is 0 Å². The lowest BCUT2D eigenvalue weighted by molar-refractivity contribution is -0.131. The fourth-order valence-electron chi connectivity index (χ4n) is 1.07. The van der Waals surface area contributed by atoms with Crippen LogP contribution in [0.2, 0.25) is 5.02 Å². The van der Waals surface area contributed by atoms with Crippen LogP contribution < -0.4 is 0 Å². The van der Waals surface area contributed by atoms with Crippen molar-refractivity contribution in [1.82, 2.24) is 0 Å². The topological polar surface area (TPSA) is 57.5 Å². The number of aliphatic hydroxyl groups is 1. The summed E-state index contributed by atoms with van der Waals surface area (Å²) in [4.78, 5) is 10.4. The summed E-state index contributed by atoms with van der Waals surface area (Å²) in [5.74, 6) is -1.77. The van der Waals surface area contributed by atoms with E-state index >= 15 is 0 Å². The van der Waals surface area contributed by atoms with Crippen molar-refractivity contribution in [2.24, 2.45) is 0 Å². The van der Waals surface area contributed by atoms with Gasteiger partial charge in [0.15, 0.2) is 0 Å². The highest BCUT2D eigenvalue weighted by Crippen LogP contribution is 2.21. The molecule has 0 aliphatic rings. The number of benzene rings is 1. The Morgan fingerprint density at radius 2 is 2.20 bits per heavy atom. The predicted molar refractivity (Wildman–Crippen MR) is 54.1 cm³/mol. The lowest BCUT2D eigenvalue weighted by Crippen LogP contribution is -1.97. The second-order valence-corrected chi connectivity index (χ2v) is 3.20. The van der Waals surface area contributed by atoms with Gasteiger partial charge in [-0.15, -0.1) is 0 Å². The van der Waals surface area contributed by atoms with E-state index < -0.39 is 18.4 Å². The summed E-state index contributed by atoms with van der Waals surface area (Å²) < 4.78 is 12.8. The Labute approximate surface area is 90.4 Å². The molecule has 0 aliphatic heterocycles. The predicted octanol–water partition coefficient (Wildman–Crippen LogP) is 1.94. The van der Waals surface area contributed by atoms with Gasteiger partial charge in [-0.25, -0.2) is 9.18 Å². The van der Waals surface area contributed by atoms with E-state index in [4.69, 9.17) is 21.8 Å². The second kappa shape index (κ2) is 4.91. The third-order valence-electron chi connectivity index (χ3n) is 1.76. The maximum Gasteiger partial charge on any atom is 0.328 e. The number of hydrogen-bond acceptors (Lipinski definition) is 2. The summed E-state index contributed by atoms with van der Waals surface area (Å²) in [6.07, 6.45) is 0.851. The molecule has 0 saturated carbocycles. The zero-order valence-corrected chi connectivity index (χ0v) is 8.33. The number of halogens is 2. The minimum Gasteiger partial charge on any atom is -0.478 e. The highest BCUT2D eigenvalue weighted by Gasteiger charge is 2.06. The van der Waals surface area contributed by atoms with E-state index in [-0.39, 0.29) is 10.6 Å². The highest BCUT2D eigenvalue weighted by atomic mass is 35.5. The lowest BCUT2D eigenvalue weighted by atomic mass is 10.1. The summed E-state index contributed by atoms with van der Waals surface area (Å²) in [5, 5.41) is 17.3. The molecule has 0 spiro atoms. The van der Waals surface area contributed by atoms with E-state index in [1.165, 1.54) is 12.1 Å². The quantitative estimate of drug-likeness (QED) is 0.781. The second-order valence-electron chi connectivity index (χ2n) is 2.79. The molecule has 0 fully saturated rings. The Morgan fingerprint density at radius 3 is 2.67 bits per heavy atom. The van der Waals surface area contributed by atoms with Crippen LogP contribution in [0, 0.1) is 5.82 Å². The monoisotopic (exact) mass is 230 g/mol. The normalized spacial score (nSPS) is 11.5. The molecule has 0 atom stereocenters. The molecule has 0 amide bonds. The number of carboxylic acids is 1. The number of aliphatic carboxylic acids is 1. The molecule has 1 rings (SSSR count). The Balaban J connectivity index is 3.14. The summed E-state index contributed by atoms with van der Waals surface area (Å²) in [6, 6.07) is 3.73. The Bertz CT molecular complexity index is 415. The molecule has 0 aliphatic carbocycles. The minimum absolute atomic E-state index is 0.114. The maximum absolute atomic E-state index is 12.8. The van der Waals surface area contributed by atoms with E-state index in [2.05, 4.69) is 0 Å². The third-order valence-corrected chi connectivity index (χ3v) is 2.05. The first-order valence-corrected chi connectivity index (χ1v) is 4.42. The molecule has 0 aromatic heterocycles. The summed E-state index contributed by atoms with van der Waals surface area (Å²) in [7, 11) is 0. The van der Waals surface area contributed by atoms with E-state index in [0.717, 1.165) is 12.1 Å². The third kappa shape index (κ3) is 3.04. The van der Waals surface area contributed by atoms with Gasteiger partial charge in [0.25, 0.3) is 0 Å². The molecule has 0 bridgehead atoms. The van der Waals surface area contributed by atoms with Gasteiger partial charge >= 0.3 is 5.97 Å². The van der Waals surface area contributed by atoms with Crippen LogP contribution in [0.25, 0.3) is 5.57 Å². The van der Waals surface area contributed by atoms with Crippen LogP contribution in [0.3, 0.4) is 0 Å². The lowest BCUT2D eigenvalue weighted by Gasteiger charge is -2.04. The van der Waals surface area contributed by atoms with Crippen molar-refractivity contribution in [3.05, 3.63) is 40.7 Å². The molecular weight excluding hydrogens is 223 g/mol. The highest BCUT2D eigenvalue weighted by molar-refractivity contribution is 6.30. The van der Waals surface area contributed by atoms with E-state index in [9.17, 15) is 9.18 Å². The molecule has 0 radical (unpaired) electrons. The average molecular weight is 231 g/mol. The number of aliphatic hydroxyl groups excluding tert-OH is 1. The summed E-state index contributed by atoms with van der Waals surface area (Å²) in [6.45, 7) is -0.450. The van der Waals surface area contributed by atoms with Crippen molar-refractivity contribution < 1.29 is 19.4 Å². The zero-order valence-electron chi connectivity index (χ0n) is 7.58.